The SMILES string of the molecule is O=C(O)CCCCCC[C@@H]1[C@@H](CCC(O)/C=N/c2ccccc2F)[C@H](O)C[C@@H]1O. The van der Waals surface area contributed by atoms with Gasteiger partial charge in [0.15, 0.2) is 0 Å². The Morgan fingerprint density at radius 1 is 1.10 bits per heavy atom. The van der Waals surface area contributed by atoms with Crippen LogP contribution in [0.25, 0.3) is 0 Å². The number of aliphatic carboxylic acids is 1. The Bertz CT molecular complexity index is 668. The van der Waals surface area contributed by atoms with Crippen molar-refractivity contribution in [2.75, 3.05) is 0 Å². The van der Waals surface area contributed by atoms with Crippen LogP contribution >= 0.6 is 0 Å². The molecule has 0 amide bonds. The second-order valence-corrected chi connectivity index (χ2v) is 7.92. The number of aliphatic hydroxyl groups is 3. The summed E-state index contributed by atoms with van der Waals surface area (Å²) in [6.07, 6.45) is 4.80. The van der Waals surface area contributed by atoms with E-state index in [-0.39, 0.29) is 23.9 Å². The molecule has 0 radical (unpaired) electrons. The minimum atomic E-state index is -0.851. The molecule has 5 atom stereocenters. The van der Waals surface area contributed by atoms with Crippen LogP contribution in [0.4, 0.5) is 10.1 Å². The molecule has 1 aromatic carbocycles. The summed E-state index contributed by atoms with van der Waals surface area (Å²) in [5.74, 6) is -1.36. The molecule has 6 nitrogen and oxygen atoms in total. The van der Waals surface area contributed by atoms with Gasteiger partial charge in [-0.05, 0) is 56.1 Å². The molecule has 1 fully saturated rings. The van der Waals surface area contributed by atoms with Crippen LogP contribution in [0.5, 0.6) is 0 Å². The van der Waals surface area contributed by atoms with E-state index in [1.165, 1.54) is 18.3 Å². The Morgan fingerprint density at radius 2 is 1.76 bits per heavy atom. The third-order valence-electron chi connectivity index (χ3n) is 5.73. The molecule has 2 rings (SSSR count). The van der Waals surface area contributed by atoms with E-state index >= 15 is 0 Å². The molecule has 0 aromatic heterocycles. The Morgan fingerprint density at radius 3 is 2.45 bits per heavy atom. The van der Waals surface area contributed by atoms with Crippen LogP contribution in [0, 0.1) is 17.7 Å². The average molecular weight is 409 g/mol. The van der Waals surface area contributed by atoms with Gasteiger partial charge in [-0.3, -0.25) is 9.79 Å². The molecule has 1 unspecified atom stereocenters. The Hall–Kier alpha value is -1.83. The number of carboxylic acid groups (broad SMARTS) is 1. The quantitative estimate of drug-likeness (QED) is 0.312. The second kappa shape index (κ2) is 12.0. The minimum absolute atomic E-state index is 0.0276. The van der Waals surface area contributed by atoms with E-state index in [0.29, 0.717) is 25.7 Å². The molecule has 0 heterocycles. The highest BCUT2D eigenvalue weighted by Gasteiger charge is 2.40. The minimum Gasteiger partial charge on any atom is -0.481 e. The fraction of sp³-hybridized carbons (Fsp3) is 0.636. The predicted octanol–water partition coefficient (Wildman–Crippen LogP) is 3.45. The smallest absolute Gasteiger partial charge is 0.303 e. The number of nitrogens with zero attached hydrogens (tertiary/aromatic N) is 1. The monoisotopic (exact) mass is 409 g/mol. The Kier molecular flexibility index (Phi) is 9.70. The summed E-state index contributed by atoms with van der Waals surface area (Å²) < 4.78 is 13.6. The summed E-state index contributed by atoms with van der Waals surface area (Å²) in [7, 11) is 0. The zero-order chi connectivity index (χ0) is 21.2. The van der Waals surface area contributed by atoms with Crippen molar-refractivity contribution in [3.8, 4) is 0 Å². The molecule has 4 N–H and O–H groups in total. The number of unbranched alkanes of at least 4 members (excludes halogenated alkanes) is 3. The van der Waals surface area contributed by atoms with E-state index in [2.05, 4.69) is 4.99 Å². The van der Waals surface area contributed by atoms with Crippen molar-refractivity contribution in [2.45, 2.75) is 76.1 Å². The standard InChI is InChI=1S/C22H32FNO5/c23-18-8-5-6-9-19(18)24-14-15(25)11-12-17-16(20(26)13-21(17)27)7-3-1-2-4-10-22(28)29/h5-6,8-9,14-17,20-21,25-27H,1-4,7,10-13H2,(H,28,29)/b24-14+/t15?,16-,17-,20+,21-/m1/s1. The first kappa shape index (κ1) is 23.4. The van der Waals surface area contributed by atoms with E-state index < -0.39 is 30.1 Å². The van der Waals surface area contributed by atoms with Crippen molar-refractivity contribution < 1.29 is 29.6 Å². The van der Waals surface area contributed by atoms with Gasteiger partial charge in [0.1, 0.15) is 5.82 Å². The molecule has 162 valence electrons. The zero-order valence-corrected chi connectivity index (χ0v) is 16.7. The number of benzene rings is 1. The second-order valence-electron chi connectivity index (χ2n) is 7.92. The summed E-state index contributed by atoms with van der Waals surface area (Å²) in [5, 5.41) is 39.4. The van der Waals surface area contributed by atoms with Crippen LogP contribution in [0.1, 0.15) is 57.8 Å². The molecular formula is C22H32FNO5. The summed E-state index contributed by atoms with van der Waals surface area (Å²) in [4.78, 5) is 14.5. The van der Waals surface area contributed by atoms with Gasteiger partial charge in [0.25, 0.3) is 0 Å². The number of carboxylic acids is 1. The summed E-state index contributed by atoms with van der Waals surface area (Å²) in [5.41, 5.74) is 0.170. The number of para-hydroxylation sites is 1. The molecule has 29 heavy (non-hydrogen) atoms. The number of hydrogen-bond acceptors (Lipinski definition) is 5. The van der Waals surface area contributed by atoms with Gasteiger partial charge in [0, 0.05) is 12.6 Å². The highest BCUT2D eigenvalue weighted by molar-refractivity contribution is 5.67. The number of carbonyl (C=O) groups is 1. The molecule has 1 aliphatic carbocycles. The highest BCUT2D eigenvalue weighted by atomic mass is 19.1. The molecule has 1 saturated carbocycles. The lowest BCUT2D eigenvalue weighted by atomic mass is 9.85. The number of rotatable bonds is 12. The maximum atomic E-state index is 13.6. The normalized spacial score (nSPS) is 25.5. The van der Waals surface area contributed by atoms with Crippen molar-refractivity contribution >= 4 is 17.9 Å². The van der Waals surface area contributed by atoms with Gasteiger partial charge in [-0.25, -0.2) is 4.39 Å². The van der Waals surface area contributed by atoms with E-state index in [1.807, 2.05) is 0 Å². The number of hydrogen-bond donors (Lipinski definition) is 4. The first-order valence-corrected chi connectivity index (χ1v) is 10.4. The highest BCUT2D eigenvalue weighted by Crippen LogP contribution is 2.39. The fourth-order valence-electron chi connectivity index (χ4n) is 4.15. The molecule has 1 aliphatic rings. The number of halogens is 1. The Balaban J connectivity index is 1.77. The molecule has 1 aromatic rings. The van der Waals surface area contributed by atoms with Gasteiger partial charge in [0.05, 0.1) is 24.0 Å². The van der Waals surface area contributed by atoms with Crippen molar-refractivity contribution in [3.63, 3.8) is 0 Å². The van der Waals surface area contributed by atoms with Gasteiger partial charge in [-0.15, -0.1) is 0 Å². The summed E-state index contributed by atoms with van der Waals surface area (Å²) >= 11 is 0. The van der Waals surface area contributed by atoms with Crippen LogP contribution in [0.15, 0.2) is 29.3 Å². The van der Waals surface area contributed by atoms with E-state index in [9.17, 15) is 24.5 Å². The maximum Gasteiger partial charge on any atom is 0.303 e. The summed E-state index contributed by atoms with van der Waals surface area (Å²) in [6.45, 7) is 0. The molecule has 0 bridgehead atoms. The number of aliphatic hydroxyl groups excluding tert-OH is 3. The van der Waals surface area contributed by atoms with Crippen LogP contribution in [-0.2, 0) is 4.79 Å². The van der Waals surface area contributed by atoms with E-state index in [0.717, 1.165) is 25.7 Å². The van der Waals surface area contributed by atoms with Gasteiger partial charge in [-0.1, -0.05) is 31.4 Å². The van der Waals surface area contributed by atoms with Gasteiger partial charge in [0.2, 0.25) is 0 Å². The van der Waals surface area contributed by atoms with E-state index in [1.54, 1.807) is 12.1 Å². The molecular weight excluding hydrogens is 377 g/mol. The van der Waals surface area contributed by atoms with Gasteiger partial charge in [-0.2, -0.15) is 0 Å². The molecule has 0 saturated heterocycles. The van der Waals surface area contributed by atoms with Crippen molar-refractivity contribution in [3.05, 3.63) is 30.1 Å². The zero-order valence-electron chi connectivity index (χ0n) is 16.7. The lowest BCUT2D eigenvalue weighted by Gasteiger charge is -2.24. The van der Waals surface area contributed by atoms with Gasteiger partial charge >= 0.3 is 5.97 Å². The van der Waals surface area contributed by atoms with Crippen LogP contribution in [0.3, 0.4) is 0 Å². The van der Waals surface area contributed by atoms with Gasteiger partial charge < -0.3 is 20.4 Å². The van der Waals surface area contributed by atoms with Crippen molar-refractivity contribution in [1.29, 1.82) is 0 Å². The first-order valence-electron chi connectivity index (χ1n) is 10.4. The van der Waals surface area contributed by atoms with Crippen molar-refractivity contribution in [2.24, 2.45) is 16.8 Å². The number of aliphatic imine (C=N–C) groups is 1. The average Bonchev–Trinajstić information content (AvgIpc) is 2.94. The third-order valence-corrected chi connectivity index (χ3v) is 5.73. The van der Waals surface area contributed by atoms with Crippen LogP contribution < -0.4 is 0 Å². The maximum absolute atomic E-state index is 13.6. The van der Waals surface area contributed by atoms with Crippen LogP contribution in [0.2, 0.25) is 0 Å². The topological polar surface area (TPSA) is 110 Å². The summed E-state index contributed by atoms with van der Waals surface area (Å²) in [6, 6.07) is 6.08. The molecule has 7 heteroatoms. The first-order chi connectivity index (χ1) is 13.9. The molecule has 0 spiro atoms. The predicted molar refractivity (Wildman–Crippen MR) is 109 cm³/mol. The lowest BCUT2D eigenvalue weighted by Crippen LogP contribution is -2.24. The third kappa shape index (κ3) is 7.84. The lowest BCUT2D eigenvalue weighted by molar-refractivity contribution is -0.137. The molecule has 0 aliphatic heterocycles. The Labute approximate surface area is 171 Å². The van der Waals surface area contributed by atoms with Crippen molar-refractivity contribution in [1.82, 2.24) is 0 Å². The van der Waals surface area contributed by atoms with Crippen LogP contribution in [-0.4, -0.2) is 50.9 Å². The van der Waals surface area contributed by atoms with E-state index in [4.69, 9.17) is 5.11 Å². The fourth-order valence-corrected chi connectivity index (χ4v) is 4.15. The largest absolute Gasteiger partial charge is 0.481 e.